The molecule has 2 N–H and O–H groups in total. The van der Waals surface area contributed by atoms with Gasteiger partial charge in [-0.05, 0) is 51.6 Å². The van der Waals surface area contributed by atoms with E-state index in [1.54, 1.807) is 0 Å². The number of aryl methyl sites for hydroxylation is 1. The minimum absolute atomic E-state index is 0.551. The summed E-state index contributed by atoms with van der Waals surface area (Å²) in [6.07, 6.45) is 4.67. The van der Waals surface area contributed by atoms with Crippen molar-refractivity contribution >= 4 is 5.96 Å². The van der Waals surface area contributed by atoms with Crippen molar-refractivity contribution < 1.29 is 0 Å². The molecular formula is C20H34N4. The molecule has 0 radical (unpaired) electrons. The van der Waals surface area contributed by atoms with Gasteiger partial charge in [-0.3, -0.25) is 4.99 Å². The Balaban J connectivity index is 1.80. The minimum atomic E-state index is 0.551. The van der Waals surface area contributed by atoms with E-state index in [0.717, 1.165) is 25.5 Å². The molecule has 4 heteroatoms. The van der Waals surface area contributed by atoms with Crippen molar-refractivity contribution in [3.05, 3.63) is 35.4 Å². The van der Waals surface area contributed by atoms with E-state index < -0.39 is 0 Å². The lowest BCUT2D eigenvalue weighted by Gasteiger charge is -2.32. The molecular weight excluding hydrogens is 296 g/mol. The summed E-state index contributed by atoms with van der Waals surface area (Å²) in [5.41, 5.74) is 2.68. The van der Waals surface area contributed by atoms with E-state index in [2.05, 4.69) is 60.6 Å². The van der Waals surface area contributed by atoms with Crippen molar-refractivity contribution in [3.63, 3.8) is 0 Å². The normalized spacial score (nSPS) is 17.0. The summed E-state index contributed by atoms with van der Waals surface area (Å²) in [5.74, 6) is 0.971. The minimum Gasteiger partial charge on any atom is -0.357 e. The number of rotatable bonds is 7. The van der Waals surface area contributed by atoms with E-state index in [1.807, 2.05) is 0 Å². The maximum Gasteiger partial charge on any atom is 0.191 e. The fourth-order valence-corrected chi connectivity index (χ4v) is 3.29. The molecule has 4 nitrogen and oxygen atoms in total. The van der Waals surface area contributed by atoms with Gasteiger partial charge in [0.15, 0.2) is 5.96 Å². The van der Waals surface area contributed by atoms with Crippen molar-refractivity contribution in [2.45, 2.75) is 52.5 Å². The highest BCUT2D eigenvalue weighted by Crippen LogP contribution is 2.10. The third-order valence-corrected chi connectivity index (χ3v) is 4.57. The second kappa shape index (κ2) is 10.3. The van der Waals surface area contributed by atoms with Crippen LogP contribution < -0.4 is 10.6 Å². The summed E-state index contributed by atoms with van der Waals surface area (Å²) in [5, 5.41) is 7.02. The first-order valence-electron chi connectivity index (χ1n) is 9.54. The molecule has 0 aromatic heterocycles. The van der Waals surface area contributed by atoms with E-state index in [-0.39, 0.29) is 0 Å². The summed E-state index contributed by atoms with van der Waals surface area (Å²) in [6, 6.07) is 9.26. The highest BCUT2D eigenvalue weighted by Gasteiger charge is 2.19. The number of nitrogens with zero attached hydrogens (tertiary/aromatic N) is 2. The number of aliphatic imine (C=N–C) groups is 1. The maximum atomic E-state index is 4.77. The lowest BCUT2D eigenvalue weighted by atomic mass is 10.1. The van der Waals surface area contributed by atoms with Crippen LogP contribution >= 0.6 is 0 Å². The van der Waals surface area contributed by atoms with Crippen molar-refractivity contribution in [2.24, 2.45) is 4.99 Å². The van der Waals surface area contributed by atoms with Gasteiger partial charge in [-0.25, -0.2) is 0 Å². The number of hydrogen-bond donors (Lipinski definition) is 2. The highest BCUT2D eigenvalue weighted by atomic mass is 15.2. The first-order chi connectivity index (χ1) is 11.7. The van der Waals surface area contributed by atoms with E-state index >= 15 is 0 Å². The summed E-state index contributed by atoms with van der Waals surface area (Å²) < 4.78 is 0. The monoisotopic (exact) mass is 330 g/mol. The van der Waals surface area contributed by atoms with Crippen LogP contribution in [0, 0.1) is 6.92 Å². The van der Waals surface area contributed by atoms with Crippen LogP contribution in [0.25, 0.3) is 0 Å². The van der Waals surface area contributed by atoms with Crippen LogP contribution in [0.2, 0.25) is 0 Å². The molecule has 0 saturated carbocycles. The van der Waals surface area contributed by atoms with Crippen LogP contribution in [0.1, 0.15) is 44.2 Å². The standard InChI is InChI=1S/C20H34N4/c1-4-13-24-14-10-19(11-15-24)23-20(21-5-2)22-12-9-18-8-6-7-17(3)16-18/h6-8,16,19H,4-5,9-15H2,1-3H3,(H2,21,22,23). The second-order valence-corrected chi connectivity index (χ2v) is 6.76. The van der Waals surface area contributed by atoms with Gasteiger partial charge in [0.2, 0.25) is 0 Å². The largest absolute Gasteiger partial charge is 0.357 e. The summed E-state index contributed by atoms with van der Waals surface area (Å²) >= 11 is 0. The predicted octanol–water partition coefficient (Wildman–Crippen LogP) is 2.97. The first kappa shape index (κ1) is 18.8. The summed E-state index contributed by atoms with van der Waals surface area (Å²) in [6.45, 7) is 11.9. The van der Waals surface area contributed by atoms with Crippen LogP contribution in [0.4, 0.5) is 0 Å². The second-order valence-electron chi connectivity index (χ2n) is 6.76. The van der Waals surface area contributed by atoms with Crippen LogP contribution in [0.5, 0.6) is 0 Å². The van der Waals surface area contributed by atoms with Crippen molar-refractivity contribution in [1.82, 2.24) is 15.5 Å². The Kier molecular flexibility index (Phi) is 8.10. The molecule has 0 atom stereocenters. The number of nitrogens with one attached hydrogen (secondary N) is 2. The first-order valence-corrected chi connectivity index (χ1v) is 9.54. The van der Waals surface area contributed by atoms with Gasteiger partial charge < -0.3 is 15.5 Å². The van der Waals surface area contributed by atoms with Crippen molar-refractivity contribution in [1.29, 1.82) is 0 Å². The third-order valence-electron chi connectivity index (χ3n) is 4.57. The van der Waals surface area contributed by atoms with Crippen molar-refractivity contribution in [2.75, 3.05) is 32.7 Å². The maximum absolute atomic E-state index is 4.77. The number of piperidine rings is 1. The van der Waals surface area contributed by atoms with E-state index in [9.17, 15) is 0 Å². The molecule has 1 fully saturated rings. The summed E-state index contributed by atoms with van der Waals surface area (Å²) in [7, 11) is 0. The van der Waals surface area contributed by atoms with Crippen LogP contribution in [-0.4, -0.2) is 49.6 Å². The number of benzene rings is 1. The van der Waals surface area contributed by atoms with E-state index in [4.69, 9.17) is 4.99 Å². The molecule has 1 aliphatic rings. The lowest BCUT2D eigenvalue weighted by Crippen LogP contribution is -2.48. The quantitative estimate of drug-likeness (QED) is 0.596. The molecule has 24 heavy (non-hydrogen) atoms. The van der Waals surface area contributed by atoms with Crippen molar-refractivity contribution in [3.8, 4) is 0 Å². The predicted molar refractivity (Wildman–Crippen MR) is 104 cm³/mol. The van der Waals surface area contributed by atoms with Gasteiger partial charge in [0, 0.05) is 32.2 Å². The molecule has 0 bridgehead atoms. The van der Waals surface area contributed by atoms with Gasteiger partial charge in [-0.15, -0.1) is 0 Å². The SMILES string of the molecule is CCCN1CCC(NC(=NCCc2cccc(C)c2)NCC)CC1. The van der Waals surface area contributed by atoms with Gasteiger partial charge in [-0.2, -0.15) is 0 Å². The molecule has 1 aliphatic heterocycles. The van der Waals surface area contributed by atoms with Gasteiger partial charge in [0.05, 0.1) is 0 Å². The number of hydrogen-bond acceptors (Lipinski definition) is 2. The molecule has 0 aliphatic carbocycles. The van der Waals surface area contributed by atoms with E-state index in [0.29, 0.717) is 6.04 Å². The molecule has 0 spiro atoms. The van der Waals surface area contributed by atoms with Crippen LogP contribution in [-0.2, 0) is 6.42 Å². The van der Waals surface area contributed by atoms with Crippen LogP contribution in [0.3, 0.4) is 0 Å². The topological polar surface area (TPSA) is 39.7 Å². The van der Waals surface area contributed by atoms with Gasteiger partial charge >= 0.3 is 0 Å². The zero-order valence-corrected chi connectivity index (χ0v) is 15.6. The third kappa shape index (κ3) is 6.52. The number of likely N-dealkylation sites (tertiary alicyclic amines) is 1. The zero-order valence-electron chi connectivity index (χ0n) is 15.6. The Morgan fingerprint density at radius 1 is 1.25 bits per heavy atom. The molecule has 0 unspecified atom stereocenters. The molecule has 134 valence electrons. The molecule has 0 amide bonds. The Bertz CT molecular complexity index is 504. The fourth-order valence-electron chi connectivity index (χ4n) is 3.29. The molecule has 1 heterocycles. The molecule has 1 aromatic carbocycles. The van der Waals surface area contributed by atoms with Gasteiger partial charge in [-0.1, -0.05) is 36.8 Å². The Morgan fingerprint density at radius 3 is 2.71 bits per heavy atom. The molecule has 1 aromatic rings. The Labute approximate surface area is 147 Å². The average molecular weight is 331 g/mol. The smallest absolute Gasteiger partial charge is 0.191 e. The summed E-state index contributed by atoms with van der Waals surface area (Å²) in [4.78, 5) is 7.34. The van der Waals surface area contributed by atoms with Crippen LogP contribution in [0.15, 0.2) is 29.3 Å². The molecule has 1 saturated heterocycles. The fraction of sp³-hybridized carbons (Fsp3) is 0.650. The molecule has 2 rings (SSSR count). The Hall–Kier alpha value is -1.55. The van der Waals surface area contributed by atoms with Gasteiger partial charge in [0.25, 0.3) is 0 Å². The lowest BCUT2D eigenvalue weighted by molar-refractivity contribution is 0.206. The van der Waals surface area contributed by atoms with E-state index in [1.165, 1.54) is 50.0 Å². The number of guanidine groups is 1. The van der Waals surface area contributed by atoms with Gasteiger partial charge in [0.1, 0.15) is 0 Å². The Morgan fingerprint density at radius 2 is 2.04 bits per heavy atom. The zero-order chi connectivity index (χ0) is 17.2. The average Bonchev–Trinajstić information content (AvgIpc) is 2.57. The highest BCUT2D eigenvalue weighted by molar-refractivity contribution is 5.80.